The van der Waals surface area contributed by atoms with Crippen LogP contribution in [0, 0.1) is 0 Å². The molecule has 0 saturated carbocycles. The Morgan fingerprint density at radius 2 is 1.76 bits per heavy atom. The lowest BCUT2D eigenvalue weighted by Gasteiger charge is -2.12. The molecule has 4 rings (SSSR count). The summed E-state index contributed by atoms with van der Waals surface area (Å²) in [6.45, 7) is 0.689. The third kappa shape index (κ3) is 6.08. The van der Waals surface area contributed by atoms with Crippen molar-refractivity contribution in [1.82, 2.24) is 4.90 Å². The predicted molar refractivity (Wildman–Crippen MR) is 137 cm³/mol. The van der Waals surface area contributed by atoms with Gasteiger partial charge in [0.15, 0.2) is 0 Å². The number of halogens is 2. The van der Waals surface area contributed by atoms with Gasteiger partial charge in [-0.2, -0.15) is 0 Å². The van der Waals surface area contributed by atoms with Crippen LogP contribution in [-0.4, -0.2) is 22.6 Å². The van der Waals surface area contributed by atoms with E-state index in [1.165, 1.54) is 10.5 Å². The number of aryl methyl sites for hydroxylation is 1. The molecule has 0 aliphatic carbocycles. The molecule has 1 aliphatic rings. The summed E-state index contributed by atoms with van der Waals surface area (Å²) >= 11 is 10.7. The van der Waals surface area contributed by atoms with Gasteiger partial charge in [0.25, 0.3) is 11.1 Å². The van der Waals surface area contributed by atoms with Crippen LogP contribution in [0.25, 0.3) is 6.08 Å². The Bertz CT molecular complexity index is 1200. The minimum absolute atomic E-state index is 0.243. The maximum atomic E-state index is 12.9. The Balaban J connectivity index is 1.46. The van der Waals surface area contributed by atoms with Gasteiger partial charge in [0.2, 0.25) is 0 Å². The van der Waals surface area contributed by atoms with Crippen LogP contribution in [0.2, 0.25) is 5.02 Å². The Hall–Kier alpha value is -2.54. The van der Waals surface area contributed by atoms with Crippen molar-refractivity contribution in [2.75, 3.05) is 6.54 Å². The molecule has 0 unspecified atom stereocenters. The Morgan fingerprint density at radius 1 is 1.00 bits per heavy atom. The lowest BCUT2D eigenvalue weighted by atomic mass is 10.1. The smallest absolute Gasteiger partial charge is 0.293 e. The average molecular weight is 543 g/mol. The zero-order chi connectivity index (χ0) is 23.2. The molecule has 2 amide bonds. The monoisotopic (exact) mass is 541 g/mol. The first-order valence-electron chi connectivity index (χ1n) is 10.5. The highest BCUT2D eigenvalue weighted by atomic mass is 79.9. The second-order valence-electron chi connectivity index (χ2n) is 7.48. The first-order chi connectivity index (χ1) is 16.0. The first-order valence-corrected chi connectivity index (χ1v) is 12.4. The molecule has 33 heavy (non-hydrogen) atoms. The SMILES string of the molecule is O=C1S/C(=C/c2cc(Br)ccc2OCc2ccccc2Cl)C(=O)N1CCCc1ccccc1. The van der Waals surface area contributed by atoms with E-state index in [1.807, 2.05) is 72.8 Å². The quantitative estimate of drug-likeness (QED) is 0.279. The molecule has 0 bridgehead atoms. The standard InChI is InChI=1S/C26H21BrClNO3S/c27-21-12-13-23(32-17-19-10-4-5-11-22(19)28)20(15-21)16-24-25(30)29(26(31)33-24)14-6-9-18-7-2-1-3-8-18/h1-5,7-8,10-13,15-16H,6,9,14,17H2/b24-16+. The highest BCUT2D eigenvalue weighted by Gasteiger charge is 2.34. The molecule has 0 atom stereocenters. The lowest BCUT2D eigenvalue weighted by molar-refractivity contribution is -0.122. The number of ether oxygens (including phenoxy) is 1. The van der Waals surface area contributed by atoms with Crippen molar-refractivity contribution in [1.29, 1.82) is 0 Å². The van der Waals surface area contributed by atoms with E-state index in [9.17, 15) is 9.59 Å². The van der Waals surface area contributed by atoms with E-state index < -0.39 is 0 Å². The number of hydrogen-bond donors (Lipinski definition) is 0. The Kier molecular flexibility index (Phi) is 7.91. The van der Waals surface area contributed by atoms with E-state index in [0.717, 1.165) is 34.6 Å². The third-order valence-electron chi connectivity index (χ3n) is 5.16. The highest BCUT2D eigenvalue weighted by molar-refractivity contribution is 9.10. The molecular weight excluding hydrogens is 522 g/mol. The van der Waals surface area contributed by atoms with Crippen LogP contribution in [0.4, 0.5) is 4.79 Å². The summed E-state index contributed by atoms with van der Waals surface area (Å²) in [4.78, 5) is 27.1. The van der Waals surface area contributed by atoms with E-state index in [-0.39, 0.29) is 11.1 Å². The van der Waals surface area contributed by atoms with Crippen LogP contribution in [0.5, 0.6) is 5.75 Å². The summed E-state index contributed by atoms with van der Waals surface area (Å²) in [5.74, 6) is 0.337. The minimum Gasteiger partial charge on any atom is -0.488 e. The van der Waals surface area contributed by atoms with E-state index >= 15 is 0 Å². The van der Waals surface area contributed by atoms with Crippen molar-refractivity contribution in [3.05, 3.63) is 104 Å². The molecule has 1 saturated heterocycles. The van der Waals surface area contributed by atoms with Gasteiger partial charge in [0.1, 0.15) is 12.4 Å². The second kappa shape index (κ2) is 11.1. The predicted octanol–water partition coefficient (Wildman–Crippen LogP) is 7.35. The molecule has 3 aromatic carbocycles. The fourth-order valence-electron chi connectivity index (χ4n) is 3.45. The fraction of sp³-hybridized carbons (Fsp3) is 0.154. The van der Waals surface area contributed by atoms with Gasteiger partial charge >= 0.3 is 0 Å². The normalized spacial score (nSPS) is 14.8. The Morgan fingerprint density at radius 3 is 2.55 bits per heavy atom. The third-order valence-corrected chi connectivity index (χ3v) is 6.93. The topological polar surface area (TPSA) is 46.6 Å². The summed E-state index contributed by atoms with van der Waals surface area (Å²) in [6, 6.07) is 23.1. The van der Waals surface area contributed by atoms with Crippen LogP contribution in [0.1, 0.15) is 23.1 Å². The van der Waals surface area contributed by atoms with Gasteiger partial charge in [-0.05, 0) is 60.5 Å². The molecule has 168 valence electrons. The van der Waals surface area contributed by atoms with Crippen molar-refractivity contribution < 1.29 is 14.3 Å². The van der Waals surface area contributed by atoms with Gasteiger partial charge in [0, 0.05) is 27.2 Å². The van der Waals surface area contributed by atoms with Crippen molar-refractivity contribution >= 4 is 56.5 Å². The first kappa shape index (κ1) is 23.6. The molecule has 4 nitrogen and oxygen atoms in total. The molecule has 0 radical (unpaired) electrons. The van der Waals surface area contributed by atoms with Crippen molar-refractivity contribution in [3.8, 4) is 5.75 Å². The Labute approximate surface area is 210 Å². The van der Waals surface area contributed by atoms with Gasteiger partial charge in [-0.15, -0.1) is 0 Å². The van der Waals surface area contributed by atoms with E-state index in [0.29, 0.717) is 34.4 Å². The van der Waals surface area contributed by atoms with Gasteiger partial charge in [0.05, 0.1) is 4.91 Å². The number of benzene rings is 3. The van der Waals surface area contributed by atoms with Gasteiger partial charge < -0.3 is 4.74 Å². The summed E-state index contributed by atoms with van der Waals surface area (Å²) in [7, 11) is 0. The summed E-state index contributed by atoms with van der Waals surface area (Å²) in [5.41, 5.74) is 2.77. The second-order valence-corrected chi connectivity index (χ2v) is 9.80. The van der Waals surface area contributed by atoms with Crippen LogP contribution in [0.15, 0.2) is 82.2 Å². The molecule has 0 spiro atoms. The maximum absolute atomic E-state index is 12.9. The fourth-order valence-corrected chi connectivity index (χ4v) is 4.88. The molecular formula is C26H21BrClNO3S. The van der Waals surface area contributed by atoms with E-state index in [4.69, 9.17) is 16.3 Å². The van der Waals surface area contributed by atoms with Gasteiger partial charge in [-0.3, -0.25) is 14.5 Å². The number of nitrogens with zero attached hydrogens (tertiary/aromatic N) is 1. The van der Waals surface area contributed by atoms with Crippen molar-refractivity contribution in [2.24, 2.45) is 0 Å². The summed E-state index contributed by atoms with van der Waals surface area (Å²) in [5, 5.41) is 0.389. The highest BCUT2D eigenvalue weighted by Crippen LogP contribution is 2.35. The number of hydrogen-bond acceptors (Lipinski definition) is 4. The molecule has 3 aromatic rings. The number of carbonyl (C=O) groups excluding carboxylic acids is 2. The van der Waals surface area contributed by atoms with Crippen LogP contribution < -0.4 is 4.74 Å². The van der Waals surface area contributed by atoms with Crippen LogP contribution >= 0.6 is 39.3 Å². The van der Waals surface area contributed by atoms with Crippen LogP contribution in [-0.2, 0) is 17.8 Å². The number of rotatable bonds is 8. The average Bonchev–Trinajstić information content (AvgIpc) is 3.07. The van der Waals surface area contributed by atoms with Crippen molar-refractivity contribution in [3.63, 3.8) is 0 Å². The lowest BCUT2D eigenvalue weighted by Crippen LogP contribution is -2.29. The van der Waals surface area contributed by atoms with E-state index in [1.54, 1.807) is 6.08 Å². The van der Waals surface area contributed by atoms with E-state index in [2.05, 4.69) is 15.9 Å². The number of imide groups is 1. The zero-order valence-electron chi connectivity index (χ0n) is 17.7. The van der Waals surface area contributed by atoms with Crippen LogP contribution in [0.3, 0.4) is 0 Å². The number of carbonyl (C=O) groups is 2. The molecule has 1 heterocycles. The minimum atomic E-state index is -0.268. The molecule has 1 fully saturated rings. The van der Waals surface area contributed by atoms with Crippen molar-refractivity contribution in [2.45, 2.75) is 19.4 Å². The summed E-state index contributed by atoms with van der Waals surface area (Å²) in [6.07, 6.45) is 3.25. The number of amides is 2. The summed E-state index contributed by atoms with van der Waals surface area (Å²) < 4.78 is 6.85. The largest absolute Gasteiger partial charge is 0.488 e. The molecule has 1 aliphatic heterocycles. The molecule has 0 N–H and O–H groups in total. The maximum Gasteiger partial charge on any atom is 0.293 e. The molecule has 0 aromatic heterocycles. The van der Waals surface area contributed by atoms with Gasteiger partial charge in [-0.25, -0.2) is 0 Å². The number of thioether (sulfide) groups is 1. The molecule has 7 heteroatoms. The zero-order valence-corrected chi connectivity index (χ0v) is 20.8. The van der Waals surface area contributed by atoms with Gasteiger partial charge in [-0.1, -0.05) is 76.1 Å².